The van der Waals surface area contributed by atoms with Crippen molar-refractivity contribution in [3.05, 3.63) is 0 Å². The molecule has 0 amide bonds. The Labute approximate surface area is 112 Å². The van der Waals surface area contributed by atoms with Crippen LogP contribution in [0.2, 0.25) is 0 Å². The van der Waals surface area contributed by atoms with Gasteiger partial charge in [0.1, 0.15) is 0 Å². The second-order valence-corrected chi connectivity index (χ2v) is 6.82. The molecule has 1 N–H and O–H groups in total. The monoisotopic (exact) mass is 274 g/mol. The molecule has 1 saturated heterocycles. The summed E-state index contributed by atoms with van der Waals surface area (Å²) in [5.74, 6) is 0.576. The SMILES string of the molecule is CC[C@H](C)C1OC(S)C(O)[C@@H](C)[C@@H]1PBB=O. The van der Waals surface area contributed by atoms with Gasteiger partial charge in [0.2, 0.25) is 0 Å². The van der Waals surface area contributed by atoms with Gasteiger partial charge in [-0.3, -0.25) is 0 Å². The van der Waals surface area contributed by atoms with Gasteiger partial charge >= 0.3 is 112 Å². The minimum absolute atomic E-state index is 0.110. The van der Waals surface area contributed by atoms with Gasteiger partial charge in [-0.2, -0.15) is 0 Å². The first-order valence-corrected chi connectivity index (χ1v) is 8.01. The van der Waals surface area contributed by atoms with Crippen LogP contribution in [0.15, 0.2) is 0 Å². The van der Waals surface area contributed by atoms with E-state index in [-0.39, 0.29) is 17.7 Å². The Hall–Kier alpha value is 0.630. The molecule has 0 aliphatic carbocycles. The predicted octanol–water partition coefficient (Wildman–Crippen LogP) is 1.05. The standard InChI is InChI=1S/C10H21B2O3PS/c1-4-5(2)8-9(16-12-11-14)6(3)7(13)10(17)15-8/h5-10,12-13,16-17H,4H2,1-3H3/t5-,6+,7?,8?,9-,10?/m0/s1. The predicted molar refractivity (Wildman–Crippen MR) is 78.0 cm³/mol. The molecule has 1 aliphatic heterocycles. The first-order valence-electron chi connectivity index (χ1n) is 6.21. The van der Waals surface area contributed by atoms with E-state index in [9.17, 15) is 9.81 Å². The van der Waals surface area contributed by atoms with Gasteiger partial charge in [-0.05, 0) is 0 Å². The summed E-state index contributed by atoms with van der Waals surface area (Å²) in [5.41, 5.74) is -0.130. The van der Waals surface area contributed by atoms with Gasteiger partial charge in [0.05, 0.1) is 0 Å². The Morgan fingerprint density at radius 3 is 2.82 bits per heavy atom. The van der Waals surface area contributed by atoms with Crippen LogP contribution in [0.3, 0.4) is 0 Å². The average molecular weight is 274 g/mol. The summed E-state index contributed by atoms with van der Waals surface area (Å²) < 4.78 is 16.4. The molecule has 7 atom stereocenters. The second kappa shape index (κ2) is 7.28. The third-order valence-electron chi connectivity index (χ3n) is 3.69. The second-order valence-electron chi connectivity index (χ2n) is 4.83. The molecule has 0 aromatic rings. The van der Waals surface area contributed by atoms with Gasteiger partial charge in [-0.25, -0.2) is 0 Å². The number of hydrogen-bond donors (Lipinski definition) is 2. The molecule has 0 spiro atoms. The molecule has 17 heavy (non-hydrogen) atoms. The van der Waals surface area contributed by atoms with Crippen molar-refractivity contribution < 1.29 is 14.5 Å². The molecule has 0 radical (unpaired) electrons. The molecule has 7 heteroatoms. The molecule has 1 fully saturated rings. The van der Waals surface area contributed by atoms with Crippen molar-refractivity contribution >= 4 is 35.0 Å². The molecule has 4 unspecified atom stereocenters. The van der Waals surface area contributed by atoms with Crippen LogP contribution in [0, 0.1) is 11.8 Å². The summed E-state index contributed by atoms with van der Waals surface area (Å²) in [4.78, 5) is 0. The summed E-state index contributed by atoms with van der Waals surface area (Å²) in [7, 11) is 1.48. The van der Waals surface area contributed by atoms with Crippen LogP contribution >= 0.6 is 21.1 Å². The Morgan fingerprint density at radius 1 is 1.65 bits per heavy atom. The van der Waals surface area contributed by atoms with Gasteiger partial charge in [0, 0.05) is 0 Å². The van der Waals surface area contributed by atoms with Gasteiger partial charge < -0.3 is 0 Å². The number of hydrogen-bond acceptors (Lipinski definition) is 4. The van der Waals surface area contributed by atoms with Crippen LogP contribution in [0.1, 0.15) is 27.2 Å². The number of aliphatic hydroxyl groups is 1. The van der Waals surface area contributed by atoms with Crippen molar-refractivity contribution in [1.82, 2.24) is 0 Å². The van der Waals surface area contributed by atoms with Crippen molar-refractivity contribution in [1.29, 1.82) is 0 Å². The van der Waals surface area contributed by atoms with E-state index in [2.05, 4.69) is 26.5 Å². The Balaban J connectivity index is 2.78. The van der Waals surface area contributed by atoms with Crippen molar-refractivity contribution in [3.63, 3.8) is 0 Å². The van der Waals surface area contributed by atoms with Crippen molar-refractivity contribution in [2.75, 3.05) is 0 Å². The summed E-state index contributed by atoms with van der Waals surface area (Å²) in [5, 5.41) is 10.0. The topological polar surface area (TPSA) is 46.5 Å². The van der Waals surface area contributed by atoms with E-state index >= 15 is 0 Å². The third-order valence-corrected chi connectivity index (χ3v) is 5.84. The summed E-state index contributed by atoms with van der Waals surface area (Å²) in [6, 6.07) is 0. The Morgan fingerprint density at radius 2 is 2.29 bits per heavy atom. The Kier molecular flexibility index (Phi) is 6.71. The van der Waals surface area contributed by atoms with Crippen molar-refractivity contribution in [2.24, 2.45) is 11.8 Å². The fourth-order valence-corrected chi connectivity index (χ4v) is 4.29. The zero-order valence-corrected chi connectivity index (χ0v) is 12.6. The molecule has 1 aliphatic rings. The van der Waals surface area contributed by atoms with E-state index in [1.165, 1.54) is 0 Å². The molecule has 0 aromatic carbocycles. The molecular weight excluding hydrogens is 253 g/mol. The van der Waals surface area contributed by atoms with Gasteiger partial charge in [0.15, 0.2) is 0 Å². The first kappa shape index (κ1) is 15.7. The minimum atomic E-state index is -0.539. The van der Waals surface area contributed by atoms with Gasteiger partial charge in [0.25, 0.3) is 0 Å². The van der Waals surface area contributed by atoms with Crippen LogP contribution in [0.5, 0.6) is 0 Å². The zero-order chi connectivity index (χ0) is 13.0. The van der Waals surface area contributed by atoms with Crippen LogP contribution in [0.4, 0.5) is 0 Å². The maximum atomic E-state index is 10.5. The maximum absolute atomic E-state index is 10.5. The molecular formula is C10H21B2O3PS. The summed E-state index contributed by atoms with van der Waals surface area (Å²) in [6.07, 6.45) is 0.609. The molecule has 96 valence electrons. The van der Waals surface area contributed by atoms with Gasteiger partial charge in [-0.1, -0.05) is 0 Å². The van der Waals surface area contributed by atoms with E-state index in [1.807, 2.05) is 6.92 Å². The average Bonchev–Trinajstić information content (AvgIpc) is 2.33. The number of thiol groups is 1. The molecule has 0 saturated carbocycles. The fourth-order valence-electron chi connectivity index (χ4n) is 2.30. The van der Waals surface area contributed by atoms with Crippen LogP contribution in [-0.2, 0) is 9.44 Å². The van der Waals surface area contributed by atoms with E-state index in [0.717, 1.165) is 13.5 Å². The Bertz CT molecular complexity index is 260. The normalized spacial score (nSPS) is 40.2. The molecule has 0 bridgehead atoms. The number of aliphatic hydroxyl groups excluding tert-OH is 1. The van der Waals surface area contributed by atoms with Crippen molar-refractivity contribution in [2.45, 2.75) is 50.5 Å². The van der Waals surface area contributed by atoms with E-state index in [0.29, 0.717) is 21.3 Å². The van der Waals surface area contributed by atoms with Crippen LogP contribution in [0.25, 0.3) is 0 Å². The number of ether oxygens (including phenoxy) is 1. The quantitative estimate of drug-likeness (QED) is 0.447. The summed E-state index contributed by atoms with van der Waals surface area (Å²) >= 11 is 4.30. The molecule has 1 heterocycles. The zero-order valence-electron chi connectivity index (χ0n) is 10.7. The molecule has 0 aromatic heterocycles. The van der Waals surface area contributed by atoms with E-state index in [4.69, 9.17) is 4.74 Å². The summed E-state index contributed by atoms with van der Waals surface area (Å²) in [6.45, 7) is 6.90. The van der Waals surface area contributed by atoms with Crippen molar-refractivity contribution in [3.8, 4) is 0 Å². The van der Waals surface area contributed by atoms with Crippen LogP contribution in [-0.4, -0.2) is 42.3 Å². The molecule has 1 rings (SSSR count). The third kappa shape index (κ3) is 3.79. The number of rotatable bonds is 5. The molecule has 3 nitrogen and oxygen atoms in total. The van der Waals surface area contributed by atoms with Crippen LogP contribution < -0.4 is 0 Å². The van der Waals surface area contributed by atoms with E-state index in [1.54, 1.807) is 0 Å². The van der Waals surface area contributed by atoms with E-state index < -0.39 is 11.5 Å². The first-order chi connectivity index (χ1) is 8.02. The van der Waals surface area contributed by atoms with Gasteiger partial charge in [-0.15, -0.1) is 0 Å². The fraction of sp³-hybridized carbons (Fsp3) is 1.00.